The van der Waals surface area contributed by atoms with Crippen LogP contribution in [0.15, 0.2) is 35.3 Å². The summed E-state index contributed by atoms with van der Waals surface area (Å²) < 4.78 is 2.54. The van der Waals surface area contributed by atoms with Crippen LogP contribution in [-0.4, -0.2) is 43.6 Å². The van der Waals surface area contributed by atoms with Crippen molar-refractivity contribution in [3.8, 4) is 0 Å². The molecule has 3 rings (SSSR count). The number of imidazole rings is 1. The summed E-state index contributed by atoms with van der Waals surface area (Å²) in [4.78, 5) is 35.9. The molecule has 1 aromatic carbocycles. The molecule has 0 saturated heterocycles. The standard InChI is InChI=1S/C20H24ClN5O2/c1-4-5-6-17-22-13-16-18(23-17)25(3)20(28)26(16)19(27)24(2)12-11-14-7-9-15(21)10-8-14/h7-10,13H,4-6,11-12H2,1-3H3. The van der Waals surface area contributed by atoms with E-state index in [2.05, 4.69) is 16.9 Å². The quantitative estimate of drug-likeness (QED) is 0.635. The minimum Gasteiger partial charge on any atom is -0.327 e. The second-order valence-electron chi connectivity index (χ2n) is 6.86. The van der Waals surface area contributed by atoms with Crippen molar-refractivity contribution in [1.82, 2.24) is 24.0 Å². The Labute approximate surface area is 168 Å². The molecule has 0 unspecified atom stereocenters. The van der Waals surface area contributed by atoms with Gasteiger partial charge in [0.05, 0.1) is 6.20 Å². The van der Waals surface area contributed by atoms with Gasteiger partial charge in [-0.3, -0.25) is 4.57 Å². The van der Waals surface area contributed by atoms with Crippen molar-refractivity contribution >= 4 is 28.8 Å². The number of unbranched alkanes of at least 4 members (excludes halogenated alkanes) is 1. The van der Waals surface area contributed by atoms with Crippen LogP contribution in [0.1, 0.15) is 31.2 Å². The number of nitrogens with zero attached hydrogens (tertiary/aromatic N) is 5. The number of carbonyl (C=O) groups is 1. The van der Waals surface area contributed by atoms with E-state index in [9.17, 15) is 9.59 Å². The lowest BCUT2D eigenvalue weighted by atomic mass is 10.1. The number of carbonyl (C=O) groups excluding carboxylic acids is 1. The highest BCUT2D eigenvalue weighted by atomic mass is 35.5. The molecule has 3 aromatic rings. The molecule has 148 valence electrons. The molecule has 28 heavy (non-hydrogen) atoms. The molecule has 0 N–H and O–H groups in total. The van der Waals surface area contributed by atoms with Gasteiger partial charge in [0.2, 0.25) is 0 Å². The summed E-state index contributed by atoms with van der Waals surface area (Å²) in [6, 6.07) is 7.10. The lowest BCUT2D eigenvalue weighted by Gasteiger charge is -2.17. The summed E-state index contributed by atoms with van der Waals surface area (Å²) >= 11 is 5.90. The molecule has 0 aliphatic heterocycles. The van der Waals surface area contributed by atoms with Crippen molar-refractivity contribution in [1.29, 1.82) is 0 Å². The highest BCUT2D eigenvalue weighted by Crippen LogP contribution is 2.13. The van der Waals surface area contributed by atoms with Crippen LogP contribution in [0.4, 0.5) is 4.79 Å². The van der Waals surface area contributed by atoms with Gasteiger partial charge in [0.1, 0.15) is 11.3 Å². The summed E-state index contributed by atoms with van der Waals surface area (Å²) in [5.41, 5.74) is 1.56. The zero-order valence-corrected chi connectivity index (χ0v) is 17.1. The van der Waals surface area contributed by atoms with E-state index in [0.717, 1.165) is 29.4 Å². The molecular weight excluding hydrogens is 378 g/mol. The zero-order chi connectivity index (χ0) is 20.3. The molecule has 0 spiro atoms. The summed E-state index contributed by atoms with van der Waals surface area (Å²) in [5, 5.41) is 0.675. The monoisotopic (exact) mass is 401 g/mol. The van der Waals surface area contributed by atoms with Crippen molar-refractivity contribution in [3.63, 3.8) is 0 Å². The first kappa shape index (κ1) is 20.1. The second kappa shape index (κ2) is 8.56. The summed E-state index contributed by atoms with van der Waals surface area (Å²) in [7, 11) is 3.30. The van der Waals surface area contributed by atoms with Crippen molar-refractivity contribution in [2.45, 2.75) is 32.6 Å². The maximum absolute atomic E-state index is 12.9. The summed E-state index contributed by atoms with van der Waals surface area (Å²) in [5.74, 6) is 0.686. The Hall–Kier alpha value is -2.67. The number of benzene rings is 1. The van der Waals surface area contributed by atoms with Crippen molar-refractivity contribution < 1.29 is 4.79 Å². The van der Waals surface area contributed by atoms with Gasteiger partial charge in [0, 0.05) is 32.1 Å². The predicted octanol–water partition coefficient (Wildman–Crippen LogP) is 3.27. The molecule has 2 heterocycles. The van der Waals surface area contributed by atoms with Crippen LogP contribution in [-0.2, 0) is 19.9 Å². The molecule has 0 atom stereocenters. The van der Waals surface area contributed by atoms with Crippen LogP contribution in [0.25, 0.3) is 11.2 Å². The number of aromatic nitrogens is 4. The molecule has 0 radical (unpaired) electrons. The van der Waals surface area contributed by atoms with E-state index in [4.69, 9.17) is 11.6 Å². The van der Waals surface area contributed by atoms with Gasteiger partial charge in [0.15, 0.2) is 5.65 Å². The van der Waals surface area contributed by atoms with E-state index in [1.165, 1.54) is 9.47 Å². The average molecular weight is 402 g/mol. The number of likely N-dealkylation sites (N-methyl/N-ethyl adjacent to an activating group) is 1. The highest BCUT2D eigenvalue weighted by Gasteiger charge is 2.21. The second-order valence-corrected chi connectivity index (χ2v) is 7.29. The Bertz CT molecular complexity index is 1040. The summed E-state index contributed by atoms with van der Waals surface area (Å²) in [6.45, 7) is 2.57. The number of halogens is 1. The van der Waals surface area contributed by atoms with Gasteiger partial charge >= 0.3 is 11.7 Å². The fourth-order valence-corrected chi connectivity index (χ4v) is 3.13. The van der Waals surface area contributed by atoms with Gasteiger partial charge in [-0.15, -0.1) is 0 Å². The van der Waals surface area contributed by atoms with Crippen LogP contribution in [0.5, 0.6) is 0 Å². The molecule has 7 nitrogen and oxygen atoms in total. The fourth-order valence-electron chi connectivity index (χ4n) is 3.00. The first-order chi connectivity index (χ1) is 13.4. The van der Waals surface area contributed by atoms with E-state index in [0.29, 0.717) is 35.0 Å². The van der Waals surface area contributed by atoms with Crippen LogP contribution in [0.2, 0.25) is 5.02 Å². The lowest BCUT2D eigenvalue weighted by molar-refractivity contribution is 0.211. The maximum atomic E-state index is 12.9. The molecule has 1 amide bonds. The van der Waals surface area contributed by atoms with Gasteiger partial charge in [-0.25, -0.2) is 24.1 Å². The Balaban J connectivity index is 1.83. The number of aryl methyl sites for hydroxylation is 2. The van der Waals surface area contributed by atoms with E-state index in [-0.39, 0.29) is 0 Å². The van der Waals surface area contributed by atoms with Crippen LogP contribution in [0, 0.1) is 0 Å². The minimum atomic E-state index is -0.416. The van der Waals surface area contributed by atoms with E-state index >= 15 is 0 Å². The van der Waals surface area contributed by atoms with Crippen LogP contribution < -0.4 is 5.69 Å². The van der Waals surface area contributed by atoms with Crippen molar-refractivity contribution in [3.05, 3.63) is 57.4 Å². The molecule has 0 aliphatic rings. The molecule has 0 fully saturated rings. The number of hydrogen-bond acceptors (Lipinski definition) is 4. The molecule has 8 heteroatoms. The predicted molar refractivity (Wildman–Crippen MR) is 110 cm³/mol. The Morgan fingerprint density at radius 1 is 1.21 bits per heavy atom. The van der Waals surface area contributed by atoms with Gasteiger partial charge < -0.3 is 4.90 Å². The number of fused-ring (bicyclic) bond motifs is 1. The molecule has 2 aromatic heterocycles. The third kappa shape index (κ3) is 4.09. The third-order valence-corrected chi connectivity index (χ3v) is 5.01. The Morgan fingerprint density at radius 3 is 2.61 bits per heavy atom. The summed E-state index contributed by atoms with van der Waals surface area (Å²) in [6.07, 6.45) is 5.00. The maximum Gasteiger partial charge on any atom is 0.338 e. The SMILES string of the molecule is CCCCc1ncc2c(n1)n(C)c(=O)n2C(=O)N(C)CCc1ccc(Cl)cc1. The third-order valence-electron chi connectivity index (χ3n) is 4.76. The molecule has 0 saturated carbocycles. The highest BCUT2D eigenvalue weighted by molar-refractivity contribution is 6.30. The van der Waals surface area contributed by atoms with Crippen LogP contribution in [0.3, 0.4) is 0 Å². The molecule has 0 aliphatic carbocycles. The van der Waals surface area contributed by atoms with E-state index < -0.39 is 11.7 Å². The van der Waals surface area contributed by atoms with E-state index in [1.807, 2.05) is 24.3 Å². The van der Waals surface area contributed by atoms with Crippen molar-refractivity contribution in [2.24, 2.45) is 7.05 Å². The molecular formula is C20H24ClN5O2. The minimum absolute atomic E-state index is 0.394. The number of amides is 1. The average Bonchev–Trinajstić information content (AvgIpc) is 2.95. The fraction of sp³-hybridized carbons (Fsp3) is 0.400. The van der Waals surface area contributed by atoms with Crippen LogP contribution >= 0.6 is 11.6 Å². The normalized spacial score (nSPS) is 11.1. The molecule has 0 bridgehead atoms. The van der Waals surface area contributed by atoms with Gasteiger partial charge in [-0.2, -0.15) is 0 Å². The largest absolute Gasteiger partial charge is 0.338 e. The zero-order valence-electron chi connectivity index (χ0n) is 16.4. The smallest absolute Gasteiger partial charge is 0.327 e. The number of rotatable bonds is 6. The van der Waals surface area contributed by atoms with Gasteiger partial charge in [-0.05, 0) is 30.5 Å². The van der Waals surface area contributed by atoms with E-state index in [1.54, 1.807) is 20.3 Å². The van der Waals surface area contributed by atoms with Crippen molar-refractivity contribution in [2.75, 3.05) is 13.6 Å². The first-order valence-electron chi connectivity index (χ1n) is 9.35. The topological polar surface area (TPSA) is 73.0 Å². The van der Waals surface area contributed by atoms with Gasteiger partial charge in [0.25, 0.3) is 0 Å². The van der Waals surface area contributed by atoms with Gasteiger partial charge in [-0.1, -0.05) is 37.1 Å². The number of hydrogen-bond donors (Lipinski definition) is 0. The lowest BCUT2D eigenvalue weighted by Crippen LogP contribution is -2.38. The Morgan fingerprint density at radius 2 is 1.93 bits per heavy atom. The Kier molecular flexibility index (Phi) is 6.14. The first-order valence-corrected chi connectivity index (χ1v) is 9.73.